The Morgan fingerprint density at radius 1 is 1.05 bits per heavy atom. The van der Waals surface area contributed by atoms with Crippen LogP contribution in [0.1, 0.15) is 19.4 Å². The zero-order valence-electron chi connectivity index (χ0n) is 12.1. The highest BCUT2D eigenvalue weighted by Gasteiger charge is 2.04. The van der Waals surface area contributed by atoms with Crippen LogP contribution in [0.2, 0.25) is 0 Å². The third kappa shape index (κ3) is 4.65. The Labute approximate surface area is 121 Å². The first kappa shape index (κ1) is 15.6. The van der Waals surface area contributed by atoms with Crippen LogP contribution in [0.3, 0.4) is 0 Å². The minimum absolute atomic E-state index is 0.591. The summed E-state index contributed by atoms with van der Waals surface area (Å²) in [6.07, 6.45) is 5.24. The smallest absolute Gasteiger partial charge is 0.159 e. The predicted octanol–water partition coefficient (Wildman–Crippen LogP) is 4.84. The summed E-state index contributed by atoms with van der Waals surface area (Å²) < 4.78 is 0. The highest BCUT2D eigenvalue weighted by molar-refractivity contribution is 6.09. The molecule has 0 aromatic heterocycles. The molecule has 0 saturated heterocycles. The third-order valence-corrected chi connectivity index (χ3v) is 2.45. The number of rotatable bonds is 5. The predicted molar refractivity (Wildman–Crippen MR) is 90.2 cm³/mol. The Morgan fingerprint density at radius 3 is 2.20 bits per heavy atom. The maximum absolute atomic E-state index is 4.52. The van der Waals surface area contributed by atoms with Gasteiger partial charge >= 0.3 is 0 Å². The molecule has 0 aliphatic heterocycles. The summed E-state index contributed by atoms with van der Waals surface area (Å²) in [5.41, 5.74) is 3.37. The fourth-order valence-corrected chi connectivity index (χ4v) is 1.55. The van der Waals surface area contributed by atoms with Crippen molar-refractivity contribution in [2.75, 3.05) is 0 Å². The lowest BCUT2D eigenvalue weighted by Gasteiger charge is -2.05. The van der Waals surface area contributed by atoms with Crippen LogP contribution in [0.15, 0.2) is 83.9 Å². The maximum atomic E-state index is 4.52. The first-order valence-corrected chi connectivity index (χ1v) is 6.39. The van der Waals surface area contributed by atoms with E-state index in [9.17, 15) is 0 Å². The van der Waals surface area contributed by atoms with Gasteiger partial charge in [-0.3, -0.25) is 0 Å². The zero-order valence-corrected chi connectivity index (χ0v) is 12.1. The number of allylic oxidation sites excluding steroid dienone is 2. The molecule has 102 valence electrons. The van der Waals surface area contributed by atoms with E-state index in [1.807, 2.05) is 50.3 Å². The van der Waals surface area contributed by atoms with E-state index in [0.29, 0.717) is 11.5 Å². The number of benzene rings is 1. The van der Waals surface area contributed by atoms with Crippen LogP contribution in [0.25, 0.3) is 5.70 Å². The van der Waals surface area contributed by atoms with Crippen LogP contribution in [-0.2, 0) is 0 Å². The Bertz CT molecular complexity index is 583. The van der Waals surface area contributed by atoms with Crippen molar-refractivity contribution < 1.29 is 0 Å². The van der Waals surface area contributed by atoms with Gasteiger partial charge in [-0.05, 0) is 19.4 Å². The molecule has 0 aliphatic carbocycles. The Hall–Kier alpha value is -2.48. The van der Waals surface area contributed by atoms with E-state index in [1.54, 1.807) is 12.2 Å². The minimum atomic E-state index is 0.591. The SMILES string of the molecule is C=C/C=C(\C=C)C(N=C(C)C)=NC(=C)c1ccccc1. The van der Waals surface area contributed by atoms with Crippen LogP contribution >= 0.6 is 0 Å². The monoisotopic (exact) mass is 264 g/mol. The third-order valence-electron chi connectivity index (χ3n) is 2.45. The van der Waals surface area contributed by atoms with Gasteiger partial charge in [-0.1, -0.05) is 68.3 Å². The molecule has 0 N–H and O–H groups in total. The first-order chi connectivity index (χ1) is 9.58. The van der Waals surface area contributed by atoms with E-state index < -0.39 is 0 Å². The molecule has 0 spiro atoms. The van der Waals surface area contributed by atoms with Gasteiger partial charge in [0.05, 0.1) is 5.70 Å². The van der Waals surface area contributed by atoms with Crippen molar-refractivity contribution in [1.29, 1.82) is 0 Å². The van der Waals surface area contributed by atoms with Crippen molar-refractivity contribution in [1.82, 2.24) is 0 Å². The van der Waals surface area contributed by atoms with E-state index >= 15 is 0 Å². The van der Waals surface area contributed by atoms with Crippen molar-refractivity contribution in [2.45, 2.75) is 13.8 Å². The lowest BCUT2D eigenvalue weighted by molar-refractivity contribution is 1.45. The molecule has 1 aromatic carbocycles. The van der Waals surface area contributed by atoms with Gasteiger partial charge in [0, 0.05) is 11.3 Å². The normalized spacial score (nSPS) is 11.7. The molecule has 0 aliphatic rings. The Balaban J connectivity index is 3.24. The molecule has 0 unspecified atom stereocenters. The molecule has 2 nitrogen and oxygen atoms in total. The van der Waals surface area contributed by atoms with Gasteiger partial charge in [0.1, 0.15) is 0 Å². The largest absolute Gasteiger partial charge is 0.238 e. The van der Waals surface area contributed by atoms with E-state index in [1.165, 1.54) is 0 Å². The summed E-state index contributed by atoms with van der Waals surface area (Å²) in [6.45, 7) is 15.3. The summed E-state index contributed by atoms with van der Waals surface area (Å²) in [4.78, 5) is 8.97. The fourth-order valence-electron chi connectivity index (χ4n) is 1.55. The van der Waals surface area contributed by atoms with Crippen LogP contribution in [0.4, 0.5) is 0 Å². The van der Waals surface area contributed by atoms with Crippen molar-refractivity contribution in [2.24, 2.45) is 9.98 Å². The minimum Gasteiger partial charge on any atom is -0.238 e. The molecular formula is C18H20N2. The molecule has 1 rings (SSSR count). The Kier molecular flexibility index (Phi) is 6.11. The summed E-state index contributed by atoms with van der Waals surface area (Å²) in [5, 5.41) is 0. The topological polar surface area (TPSA) is 24.7 Å². The van der Waals surface area contributed by atoms with Gasteiger partial charge in [-0.2, -0.15) is 0 Å². The average molecular weight is 264 g/mol. The van der Waals surface area contributed by atoms with E-state index in [2.05, 4.69) is 29.7 Å². The Morgan fingerprint density at radius 2 is 1.70 bits per heavy atom. The molecule has 0 fully saturated rings. The van der Waals surface area contributed by atoms with Gasteiger partial charge in [0.2, 0.25) is 0 Å². The zero-order chi connectivity index (χ0) is 15.0. The van der Waals surface area contributed by atoms with Gasteiger partial charge < -0.3 is 0 Å². The van der Waals surface area contributed by atoms with Crippen LogP contribution in [0, 0.1) is 0 Å². The lowest BCUT2D eigenvalue weighted by Crippen LogP contribution is -2.01. The van der Waals surface area contributed by atoms with Crippen LogP contribution in [0.5, 0.6) is 0 Å². The molecule has 0 radical (unpaired) electrons. The van der Waals surface area contributed by atoms with Gasteiger partial charge in [-0.25, -0.2) is 9.98 Å². The second-order valence-corrected chi connectivity index (χ2v) is 4.37. The van der Waals surface area contributed by atoms with Gasteiger partial charge in [0.25, 0.3) is 0 Å². The molecule has 0 saturated carbocycles. The lowest BCUT2D eigenvalue weighted by atomic mass is 10.1. The number of hydrogen-bond acceptors (Lipinski definition) is 1. The molecule has 0 atom stereocenters. The van der Waals surface area contributed by atoms with Crippen molar-refractivity contribution in [3.8, 4) is 0 Å². The molecule has 0 amide bonds. The van der Waals surface area contributed by atoms with Crippen LogP contribution in [-0.4, -0.2) is 11.5 Å². The van der Waals surface area contributed by atoms with Crippen molar-refractivity contribution in [3.05, 3.63) is 79.4 Å². The summed E-state index contributed by atoms with van der Waals surface area (Å²) >= 11 is 0. The highest BCUT2D eigenvalue weighted by Crippen LogP contribution is 2.15. The van der Waals surface area contributed by atoms with Crippen molar-refractivity contribution >= 4 is 17.2 Å². The molecule has 0 heterocycles. The molecule has 2 heteroatoms. The number of nitrogens with zero attached hydrogens (tertiary/aromatic N) is 2. The molecule has 0 bridgehead atoms. The average Bonchev–Trinajstić information content (AvgIpc) is 2.44. The molecule has 1 aromatic rings. The van der Waals surface area contributed by atoms with Crippen LogP contribution < -0.4 is 0 Å². The quantitative estimate of drug-likeness (QED) is 0.413. The van der Waals surface area contributed by atoms with Gasteiger partial charge in [0.15, 0.2) is 5.84 Å². The van der Waals surface area contributed by atoms with E-state index in [4.69, 9.17) is 0 Å². The number of amidine groups is 1. The number of hydrogen-bond donors (Lipinski definition) is 0. The summed E-state index contributed by atoms with van der Waals surface area (Å²) in [7, 11) is 0. The second-order valence-electron chi connectivity index (χ2n) is 4.37. The summed E-state index contributed by atoms with van der Waals surface area (Å²) in [5.74, 6) is 0.591. The molecular weight excluding hydrogens is 244 g/mol. The van der Waals surface area contributed by atoms with E-state index in [0.717, 1.165) is 16.8 Å². The fraction of sp³-hybridized carbons (Fsp3) is 0.111. The highest BCUT2D eigenvalue weighted by atomic mass is 14.9. The van der Waals surface area contributed by atoms with E-state index in [-0.39, 0.29) is 0 Å². The molecule has 20 heavy (non-hydrogen) atoms. The first-order valence-electron chi connectivity index (χ1n) is 6.39. The van der Waals surface area contributed by atoms with Gasteiger partial charge in [-0.15, -0.1) is 0 Å². The maximum Gasteiger partial charge on any atom is 0.159 e. The number of aliphatic imine (C=N–C) groups is 2. The van der Waals surface area contributed by atoms with Crippen molar-refractivity contribution in [3.63, 3.8) is 0 Å². The second kappa shape index (κ2) is 7.85. The summed E-state index contributed by atoms with van der Waals surface area (Å²) in [6, 6.07) is 9.81. The standard InChI is InChI=1S/C18H20N2/c1-6-11-16(7-2)18(19-14(3)4)20-15(5)17-12-9-8-10-13-17/h6-13H,1-2,5H2,3-4H3/b16-11+,20-18?.